The number of aliphatic hydroxyl groups is 1. The molecule has 9 nitrogen and oxygen atoms in total. The Morgan fingerprint density at radius 1 is 1.22 bits per heavy atom. The van der Waals surface area contributed by atoms with Gasteiger partial charge in [0.1, 0.15) is 6.10 Å². The van der Waals surface area contributed by atoms with E-state index in [1.807, 2.05) is 29.5 Å². The van der Waals surface area contributed by atoms with Crippen molar-refractivity contribution in [2.45, 2.75) is 26.1 Å². The number of rotatable bonds is 9. The average Bonchev–Trinajstić information content (AvgIpc) is 2.66. The van der Waals surface area contributed by atoms with Gasteiger partial charge in [0.2, 0.25) is 11.8 Å². The van der Waals surface area contributed by atoms with Crippen LogP contribution in [0.2, 0.25) is 0 Å². The molecule has 1 N–H and O–H groups in total. The summed E-state index contributed by atoms with van der Waals surface area (Å²) in [5.74, 6) is 0.295. The maximum atomic E-state index is 11.7. The Labute approximate surface area is 170 Å². The Kier molecular flexibility index (Phi) is 7.68. The molecular weight excluding hydrogens is 469 g/mol. The summed E-state index contributed by atoms with van der Waals surface area (Å²) in [5, 5.41) is 22.5. The van der Waals surface area contributed by atoms with Crippen LogP contribution in [0.5, 0.6) is 11.8 Å². The number of nitro benzene ring substituents is 1. The van der Waals surface area contributed by atoms with E-state index in [4.69, 9.17) is 14.2 Å². The van der Waals surface area contributed by atoms with Crippen molar-refractivity contribution < 1.29 is 24.2 Å². The van der Waals surface area contributed by atoms with E-state index in [9.17, 15) is 15.2 Å². The minimum Gasteiger partial charge on any atom is -0.481 e. The zero-order valence-corrected chi connectivity index (χ0v) is 17.3. The van der Waals surface area contributed by atoms with Crippen molar-refractivity contribution in [3.63, 3.8) is 0 Å². The lowest BCUT2D eigenvalue weighted by molar-refractivity contribution is -0.387. The predicted molar refractivity (Wildman–Crippen MR) is 105 cm³/mol. The van der Waals surface area contributed by atoms with Gasteiger partial charge in [-0.1, -0.05) is 6.92 Å². The van der Waals surface area contributed by atoms with Crippen molar-refractivity contribution >= 4 is 28.3 Å². The lowest BCUT2D eigenvalue weighted by atomic mass is 10.0. The number of hydrogen-bond acceptors (Lipinski definition) is 8. The maximum Gasteiger partial charge on any atom is 0.281 e. The molecule has 1 atom stereocenters. The Morgan fingerprint density at radius 2 is 1.85 bits per heavy atom. The zero-order chi connectivity index (χ0) is 20.0. The van der Waals surface area contributed by atoms with Gasteiger partial charge in [0, 0.05) is 10.2 Å². The third-order valence-electron chi connectivity index (χ3n) is 3.63. The molecule has 1 aromatic carbocycles. The number of ether oxygens (including phenoxy) is 3. The monoisotopic (exact) mass is 489 g/mol. The number of halogens is 1. The van der Waals surface area contributed by atoms with Gasteiger partial charge in [-0.2, -0.15) is 9.97 Å². The summed E-state index contributed by atoms with van der Waals surface area (Å²) in [4.78, 5) is 19.4. The van der Waals surface area contributed by atoms with Gasteiger partial charge < -0.3 is 19.3 Å². The molecule has 0 radical (unpaired) electrons. The second-order valence-electron chi connectivity index (χ2n) is 5.53. The van der Waals surface area contributed by atoms with Crippen LogP contribution >= 0.6 is 22.6 Å². The van der Waals surface area contributed by atoms with Crippen LogP contribution in [0.1, 0.15) is 36.4 Å². The summed E-state index contributed by atoms with van der Waals surface area (Å²) in [6.45, 7) is 2.51. The van der Waals surface area contributed by atoms with Crippen molar-refractivity contribution in [3.05, 3.63) is 48.8 Å². The van der Waals surface area contributed by atoms with Crippen LogP contribution in [-0.4, -0.2) is 40.8 Å². The van der Waals surface area contributed by atoms with Crippen molar-refractivity contribution in [2.24, 2.45) is 0 Å². The van der Waals surface area contributed by atoms with E-state index in [1.165, 1.54) is 26.4 Å². The summed E-state index contributed by atoms with van der Waals surface area (Å²) in [7, 11) is 2.82. The van der Waals surface area contributed by atoms with Gasteiger partial charge in [0.05, 0.1) is 42.9 Å². The maximum absolute atomic E-state index is 11.7. The third kappa shape index (κ3) is 5.23. The smallest absolute Gasteiger partial charge is 0.281 e. The minimum atomic E-state index is -1.44. The van der Waals surface area contributed by atoms with Crippen LogP contribution in [0, 0.1) is 13.7 Å². The fraction of sp³-hybridized carbons (Fsp3) is 0.412. The molecule has 0 aliphatic rings. The number of nitrogens with zero attached hydrogens (tertiary/aromatic N) is 3. The molecule has 2 rings (SSSR count). The van der Waals surface area contributed by atoms with Gasteiger partial charge in [0.25, 0.3) is 5.69 Å². The van der Waals surface area contributed by atoms with Crippen LogP contribution in [0.4, 0.5) is 5.69 Å². The molecule has 2 aromatic rings. The Morgan fingerprint density at radius 3 is 2.37 bits per heavy atom. The molecule has 0 saturated carbocycles. The van der Waals surface area contributed by atoms with Gasteiger partial charge >= 0.3 is 0 Å². The quantitative estimate of drug-likeness (QED) is 0.247. The standard InChI is InChI=1S/C17H20IN3O6/c1-4-5-27-9-10-6-11(18)7-12(15(10)21(23)24)16(22)17-19-13(25-2)8-14(20-17)26-3/h6-8,16,22H,4-5,9H2,1-3H3. The van der Waals surface area contributed by atoms with Crippen LogP contribution in [0.25, 0.3) is 0 Å². The van der Waals surface area contributed by atoms with Gasteiger partial charge in [-0.3, -0.25) is 10.1 Å². The lowest BCUT2D eigenvalue weighted by Crippen LogP contribution is -2.12. The molecule has 0 aliphatic carbocycles. The number of nitro groups is 1. The molecule has 1 unspecified atom stereocenters. The van der Waals surface area contributed by atoms with E-state index < -0.39 is 11.0 Å². The number of methoxy groups -OCH3 is 2. The van der Waals surface area contributed by atoms with E-state index in [0.717, 1.165) is 9.99 Å². The summed E-state index contributed by atoms with van der Waals surface area (Å²) in [5.41, 5.74) is 0.242. The topological polar surface area (TPSA) is 117 Å². The molecule has 1 heterocycles. The highest BCUT2D eigenvalue weighted by atomic mass is 127. The molecule has 27 heavy (non-hydrogen) atoms. The molecule has 146 valence electrons. The van der Waals surface area contributed by atoms with Crippen molar-refractivity contribution in [3.8, 4) is 11.8 Å². The SMILES string of the molecule is CCCOCc1cc(I)cc(C(O)c2nc(OC)cc(OC)n2)c1[N+](=O)[O-]. The molecule has 0 aliphatic heterocycles. The first-order chi connectivity index (χ1) is 12.9. The fourth-order valence-corrected chi connectivity index (χ4v) is 3.15. The van der Waals surface area contributed by atoms with Gasteiger partial charge in [-0.05, 0) is 41.1 Å². The molecule has 0 saturated heterocycles. The van der Waals surface area contributed by atoms with E-state index in [-0.39, 0.29) is 35.4 Å². The number of benzene rings is 1. The molecule has 1 aromatic heterocycles. The van der Waals surface area contributed by atoms with Crippen LogP contribution in [-0.2, 0) is 11.3 Å². The number of aliphatic hydroxyl groups excluding tert-OH is 1. The van der Waals surface area contributed by atoms with Crippen LogP contribution in [0.3, 0.4) is 0 Å². The van der Waals surface area contributed by atoms with E-state index in [1.54, 1.807) is 6.07 Å². The Bertz CT molecular complexity index is 795. The highest BCUT2D eigenvalue weighted by Gasteiger charge is 2.29. The number of aromatic nitrogens is 2. The molecular formula is C17H20IN3O6. The third-order valence-corrected chi connectivity index (χ3v) is 4.25. The van der Waals surface area contributed by atoms with Crippen molar-refractivity contribution in [2.75, 3.05) is 20.8 Å². The predicted octanol–water partition coefficient (Wildman–Crippen LogP) is 3.01. The molecule has 0 spiro atoms. The van der Waals surface area contributed by atoms with E-state index >= 15 is 0 Å². The average molecular weight is 489 g/mol. The van der Waals surface area contributed by atoms with Gasteiger partial charge in [0.15, 0.2) is 5.82 Å². The fourth-order valence-electron chi connectivity index (χ4n) is 2.44. The van der Waals surface area contributed by atoms with E-state index in [2.05, 4.69) is 9.97 Å². The normalized spacial score (nSPS) is 11.9. The molecule has 0 fully saturated rings. The first kappa shape index (κ1) is 21.3. The molecule has 10 heteroatoms. The Hall–Kier alpha value is -2.05. The summed E-state index contributed by atoms with van der Waals surface area (Å²) in [6.07, 6.45) is -0.640. The second-order valence-corrected chi connectivity index (χ2v) is 6.77. The number of hydrogen-bond donors (Lipinski definition) is 1. The van der Waals surface area contributed by atoms with Gasteiger partial charge in [-0.25, -0.2) is 0 Å². The summed E-state index contributed by atoms with van der Waals surface area (Å²) >= 11 is 2.03. The summed E-state index contributed by atoms with van der Waals surface area (Å²) < 4.78 is 16.3. The largest absolute Gasteiger partial charge is 0.481 e. The minimum absolute atomic E-state index is 0.0586. The Balaban J connectivity index is 2.54. The lowest BCUT2D eigenvalue weighted by Gasteiger charge is -2.15. The van der Waals surface area contributed by atoms with E-state index in [0.29, 0.717) is 12.2 Å². The van der Waals surface area contributed by atoms with Crippen molar-refractivity contribution in [1.29, 1.82) is 0 Å². The van der Waals surface area contributed by atoms with Crippen molar-refractivity contribution in [1.82, 2.24) is 9.97 Å². The van der Waals surface area contributed by atoms with Crippen LogP contribution in [0.15, 0.2) is 18.2 Å². The van der Waals surface area contributed by atoms with Gasteiger partial charge in [-0.15, -0.1) is 0 Å². The highest BCUT2D eigenvalue weighted by molar-refractivity contribution is 14.1. The first-order valence-electron chi connectivity index (χ1n) is 8.10. The molecule has 0 bridgehead atoms. The zero-order valence-electron chi connectivity index (χ0n) is 15.1. The van der Waals surface area contributed by atoms with Crippen LogP contribution < -0.4 is 9.47 Å². The summed E-state index contributed by atoms with van der Waals surface area (Å²) in [6, 6.07) is 4.64. The highest BCUT2D eigenvalue weighted by Crippen LogP contribution is 2.35. The second kappa shape index (κ2) is 9.76. The first-order valence-corrected chi connectivity index (χ1v) is 9.18. The molecule has 0 amide bonds.